The number of hydrogen-bond acceptors (Lipinski definition) is 4. The van der Waals surface area contributed by atoms with Crippen molar-refractivity contribution in [2.45, 2.75) is 17.7 Å². The van der Waals surface area contributed by atoms with Gasteiger partial charge in [-0.05, 0) is 37.1 Å². The number of nitrogens with one attached hydrogen (secondary N) is 1. The second-order valence-corrected chi connectivity index (χ2v) is 6.74. The van der Waals surface area contributed by atoms with Gasteiger partial charge in [-0.25, -0.2) is 17.5 Å². The Balaban J connectivity index is 2.13. The first kappa shape index (κ1) is 15.9. The van der Waals surface area contributed by atoms with Crippen molar-refractivity contribution in [3.8, 4) is 0 Å². The Morgan fingerprint density at radius 2 is 1.86 bits per heavy atom. The molecule has 0 radical (unpaired) electrons. The van der Waals surface area contributed by atoms with Crippen LogP contribution in [-0.2, 0) is 19.6 Å². The maximum absolute atomic E-state index is 12.8. The third-order valence-corrected chi connectivity index (χ3v) is 5.05. The second-order valence-electron chi connectivity index (χ2n) is 4.98. The first-order chi connectivity index (χ1) is 9.86. The van der Waals surface area contributed by atoms with E-state index in [1.54, 1.807) is 0 Å². The number of sulfonamides is 1. The Morgan fingerprint density at radius 3 is 2.38 bits per heavy atom. The lowest BCUT2D eigenvalue weighted by Crippen LogP contribution is -2.46. The number of ether oxygens (including phenoxy) is 1. The molecule has 0 spiro atoms. The average molecular weight is 317 g/mol. The summed E-state index contributed by atoms with van der Waals surface area (Å²) < 4.78 is 44.4. The van der Waals surface area contributed by atoms with Crippen molar-refractivity contribution in [2.75, 3.05) is 19.8 Å². The Labute approximate surface area is 122 Å². The zero-order valence-electron chi connectivity index (χ0n) is 11.2. The van der Waals surface area contributed by atoms with Crippen LogP contribution < -0.4 is 4.72 Å². The minimum atomic E-state index is -3.87. The number of aliphatic carboxylic acids is 1. The molecule has 1 saturated heterocycles. The van der Waals surface area contributed by atoms with E-state index in [1.807, 2.05) is 0 Å². The lowest BCUT2D eigenvalue weighted by Gasteiger charge is -2.33. The van der Waals surface area contributed by atoms with Crippen LogP contribution in [0.25, 0.3) is 0 Å². The third-order valence-electron chi connectivity index (χ3n) is 3.63. The van der Waals surface area contributed by atoms with Gasteiger partial charge in [-0.15, -0.1) is 0 Å². The van der Waals surface area contributed by atoms with Gasteiger partial charge in [0.05, 0.1) is 10.3 Å². The Hall–Kier alpha value is -1.51. The zero-order valence-corrected chi connectivity index (χ0v) is 12.0. The highest BCUT2D eigenvalue weighted by molar-refractivity contribution is 7.89. The SMILES string of the molecule is O=C(O)C1(CNS(=O)(=O)c2ccc(F)cc2)CCOCC1. The molecule has 0 bridgehead atoms. The third kappa shape index (κ3) is 3.58. The van der Waals surface area contributed by atoms with E-state index in [1.165, 1.54) is 0 Å². The molecule has 116 valence electrons. The molecular formula is C13H16FNO5S. The van der Waals surface area contributed by atoms with Gasteiger partial charge in [0.2, 0.25) is 10.0 Å². The topological polar surface area (TPSA) is 92.7 Å². The summed E-state index contributed by atoms with van der Waals surface area (Å²) in [6.07, 6.45) is 0.489. The molecule has 21 heavy (non-hydrogen) atoms. The van der Waals surface area contributed by atoms with E-state index in [9.17, 15) is 22.7 Å². The van der Waals surface area contributed by atoms with Crippen molar-refractivity contribution in [3.05, 3.63) is 30.1 Å². The molecular weight excluding hydrogens is 301 g/mol. The van der Waals surface area contributed by atoms with Crippen LogP contribution in [0.15, 0.2) is 29.2 Å². The summed E-state index contributed by atoms with van der Waals surface area (Å²) in [5.74, 6) is -1.59. The lowest BCUT2D eigenvalue weighted by atomic mass is 9.80. The summed E-state index contributed by atoms with van der Waals surface area (Å²) in [5.41, 5.74) is -1.16. The van der Waals surface area contributed by atoms with Gasteiger partial charge in [0.25, 0.3) is 0 Å². The Morgan fingerprint density at radius 1 is 1.29 bits per heavy atom. The van der Waals surface area contributed by atoms with Crippen molar-refractivity contribution >= 4 is 16.0 Å². The van der Waals surface area contributed by atoms with Gasteiger partial charge in [0, 0.05) is 19.8 Å². The summed E-state index contributed by atoms with van der Waals surface area (Å²) in [5, 5.41) is 9.35. The maximum Gasteiger partial charge on any atom is 0.311 e. The van der Waals surface area contributed by atoms with Gasteiger partial charge in [0.1, 0.15) is 5.82 Å². The van der Waals surface area contributed by atoms with Crippen LogP contribution in [0.2, 0.25) is 0 Å². The largest absolute Gasteiger partial charge is 0.481 e. The van der Waals surface area contributed by atoms with E-state index >= 15 is 0 Å². The molecule has 6 nitrogen and oxygen atoms in total. The van der Waals surface area contributed by atoms with E-state index in [0.29, 0.717) is 0 Å². The second kappa shape index (κ2) is 6.08. The molecule has 0 unspecified atom stereocenters. The van der Waals surface area contributed by atoms with Crippen LogP contribution in [0.4, 0.5) is 4.39 Å². The molecule has 1 aliphatic heterocycles. The molecule has 2 N–H and O–H groups in total. The molecule has 0 atom stereocenters. The number of benzene rings is 1. The van der Waals surface area contributed by atoms with Gasteiger partial charge in [0.15, 0.2) is 0 Å². The Kier molecular flexibility index (Phi) is 4.60. The Bertz CT molecular complexity index is 608. The molecule has 0 saturated carbocycles. The highest BCUT2D eigenvalue weighted by atomic mass is 32.2. The molecule has 1 aromatic rings. The molecule has 0 aliphatic carbocycles. The van der Waals surface area contributed by atoms with Crippen LogP contribution in [-0.4, -0.2) is 39.3 Å². The molecule has 1 aromatic carbocycles. The van der Waals surface area contributed by atoms with Gasteiger partial charge in [-0.2, -0.15) is 0 Å². The number of carboxylic acid groups (broad SMARTS) is 1. The normalized spacial score (nSPS) is 18.3. The lowest BCUT2D eigenvalue weighted by molar-refractivity contribution is -0.154. The van der Waals surface area contributed by atoms with E-state index in [-0.39, 0.29) is 37.5 Å². The molecule has 1 fully saturated rings. The molecule has 0 amide bonds. The van der Waals surface area contributed by atoms with Crippen molar-refractivity contribution < 1.29 is 27.4 Å². The predicted octanol–water partition coefficient (Wildman–Crippen LogP) is 0.985. The number of rotatable bonds is 5. The maximum atomic E-state index is 12.8. The molecule has 2 rings (SSSR count). The van der Waals surface area contributed by atoms with Crippen LogP contribution in [0, 0.1) is 11.2 Å². The van der Waals surface area contributed by atoms with Gasteiger partial charge >= 0.3 is 5.97 Å². The van der Waals surface area contributed by atoms with E-state index in [2.05, 4.69) is 4.72 Å². The van der Waals surface area contributed by atoms with E-state index < -0.39 is 27.2 Å². The van der Waals surface area contributed by atoms with Crippen LogP contribution in [0.1, 0.15) is 12.8 Å². The number of carboxylic acids is 1. The standard InChI is InChI=1S/C13H16FNO5S/c14-10-1-3-11(4-2-10)21(18,19)15-9-13(12(16)17)5-7-20-8-6-13/h1-4,15H,5-9H2,(H,16,17). The van der Waals surface area contributed by atoms with Gasteiger partial charge in [-0.1, -0.05) is 0 Å². The predicted molar refractivity (Wildman–Crippen MR) is 71.7 cm³/mol. The van der Waals surface area contributed by atoms with Gasteiger partial charge in [-0.3, -0.25) is 4.79 Å². The average Bonchev–Trinajstić information content (AvgIpc) is 2.46. The van der Waals surface area contributed by atoms with Crippen molar-refractivity contribution in [3.63, 3.8) is 0 Å². The molecule has 0 aromatic heterocycles. The minimum Gasteiger partial charge on any atom is -0.481 e. The van der Waals surface area contributed by atoms with Crippen LogP contribution in [0.5, 0.6) is 0 Å². The fraction of sp³-hybridized carbons (Fsp3) is 0.462. The molecule has 8 heteroatoms. The van der Waals surface area contributed by atoms with Gasteiger partial charge < -0.3 is 9.84 Å². The first-order valence-electron chi connectivity index (χ1n) is 6.42. The van der Waals surface area contributed by atoms with Crippen molar-refractivity contribution in [1.29, 1.82) is 0 Å². The van der Waals surface area contributed by atoms with Crippen molar-refractivity contribution in [1.82, 2.24) is 4.72 Å². The summed E-state index contributed by atoms with van der Waals surface area (Å²) in [7, 11) is -3.87. The number of halogens is 1. The smallest absolute Gasteiger partial charge is 0.311 e. The summed E-state index contributed by atoms with van der Waals surface area (Å²) in [6.45, 7) is 0.348. The first-order valence-corrected chi connectivity index (χ1v) is 7.90. The highest BCUT2D eigenvalue weighted by Crippen LogP contribution is 2.30. The highest BCUT2D eigenvalue weighted by Gasteiger charge is 2.41. The quantitative estimate of drug-likeness (QED) is 0.844. The molecule has 1 heterocycles. The number of carbonyl (C=O) groups is 1. The summed E-state index contributed by atoms with van der Waals surface area (Å²) in [4.78, 5) is 11.3. The molecule has 1 aliphatic rings. The minimum absolute atomic E-state index is 0.100. The fourth-order valence-electron chi connectivity index (χ4n) is 2.16. The monoisotopic (exact) mass is 317 g/mol. The van der Waals surface area contributed by atoms with Crippen molar-refractivity contribution in [2.24, 2.45) is 5.41 Å². The fourth-order valence-corrected chi connectivity index (χ4v) is 3.29. The van der Waals surface area contributed by atoms with Crippen LogP contribution in [0.3, 0.4) is 0 Å². The summed E-state index contributed by atoms with van der Waals surface area (Å²) >= 11 is 0. The number of hydrogen-bond donors (Lipinski definition) is 2. The van der Waals surface area contributed by atoms with E-state index in [4.69, 9.17) is 4.74 Å². The van der Waals surface area contributed by atoms with E-state index in [0.717, 1.165) is 24.3 Å². The summed E-state index contributed by atoms with van der Waals surface area (Å²) in [6, 6.07) is 4.34. The zero-order chi connectivity index (χ0) is 15.5. The van der Waals surface area contributed by atoms with Crippen LogP contribution >= 0.6 is 0 Å².